The molecule has 0 aliphatic carbocycles. The average Bonchev–Trinajstić information content (AvgIpc) is 2.71. The molecule has 30 heavy (non-hydrogen) atoms. The van der Waals surface area contributed by atoms with E-state index >= 15 is 0 Å². The van der Waals surface area contributed by atoms with Gasteiger partial charge in [-0.3, -0.25) is 9.52 Å². The van der Waals surface area contributed by atoms with Crippen molar-refractivity contribution >= 4 is 43.2 Å². The van der Waals surface area contributed by atoms with Gasteiger partial charge >= 0.3 is 0 Å². The van der Waals surface area contributed by atoms with E-state index < -0.39 is 21.7 Å². The highest BCUT2D eigenvalue weighted by Gasteiger charge is 2.16. The van der Waals surface area contributed by atoms with Gasteiger partial charge in [-0.05, 0) is 73.7 Å². The molecule has 9 heteroatoms. The molecule has 0 radical (unpaired) electrons. The van der Waals surface area contributed by atoms with Crippen molar-refractivity contribution in [2.24, 2.45) is 0 Å². The van der Waals surface area contributed by atoms with Crippen molar-refractivity contribution in [1.82, 2.24) is 0 Å². The van der Waals surface area contributed by atoms with Crippen LogP contribution < -0.4 is 14.8 Å². The summed E-state index contributed by atoms with van der Waals surface area (Å²) < 4.78 is 47.4. The molecule has 0 atom stereocenters. The van der Waals surface area contributed by atoms with E-state index in [1.165, 1.54) is 36.4 Å². The van der Waals surface area contributed by atoms with Crippen LogP contribution in [-0.2, 0) is 10.0 Å². The second-order valence-corrected chi connectivity index (χ2v) is 8.76. The minimum atomic E-state index is -3.84. The van der Waals surface area contributed by atoms with Crippen LogP contribution in [0.5, 0.6) is 5.75 Å². The maximum atomic E-state index is 13.9. The minimum Gasteiger partial charge on any atom is -0.494 e. The third-order valence-corrected chi connectivity index (χ3v) is 5.91. The molecular formula is C21H18BrFN2O4S. The van der Waals surface area contributed by atoms with Gasteiger partial charge in [-0.25, -0.2) is 12.8 Å². The van der Waals surface area contributed by atoms with Gasteiger partial charge in [0, 0.05) is 15.7 Å². The molecule has 3 rings (SSSR count). The van der Waals surface area contributed by atoms with Gasteiger partial charge in [0.1, 0.15) is 11.6 Å². The number of sulfonamides is 1. The molecule has 1 amide bonds. The average molecular weight is 493 g/mol. The maximum absolute atomic E-state index is 13.9. The topological polar surface area (TPSA) is 84.5 Å². The number of ether oxygens (including phenoxy) is 1. The first-order chi connectivity index (χ1) is 14.3. The van der Waals surface area contributed by atoms with Gasteiger partial charge in [0.2, 0.25) is 0 Å². The van der Waals surface area contributed by atoms with Crippen molar-refractivity contribution in [3.8, 4) is 5.75 Å². The van der Waals surface area contributed by atoms with Crippen molar-refractivity contribution in [2.45, 2.75) is 11.8 Å². The third-order valence-electron chi connectivity index (χ3n) is 4.02. The van der Waals surface area contributed by atoms with Gasteiger partial charge < -0.3 is 10.1 Å². The van der Waals surface area contributed by atoms with Crippen LogP contribution >= 0.6 is 15.9 Å². The number of carbonyl (C=O) groups excluding carboxylic acids is 1. The fraction of sp³-hybridized carbons (Fsp3) is 0.0952. The molecule has 2 N–H and O–H groups in total. The third kappa shape index (κ3) is 5.37. The van der Waals surface area contributed by atoms with Crippen LogP contribution in [0.1, 0.15) is 17.3 Å². The van der Waals surface area contributed by atoms with Crippen LogP contribution in [0.3, 0.4) is 0 Å². The predicted octanol–water partition coefficient (Wildman–Crippen LogP) is 5.04. The highest BCUT2D eigenvalue weighted by atomic mass is 79.9. The number of nitrogens with one attached hydrogen (secondary N) is 2. The highest BCUT2D eigenvalue weighted by molar-refractivity contribution is 9.10. The second kappa shape index (κ2) is 9.27. The van der Waals surface area contributed by atoms with Crippen molar-refractivity contribution in [3.63, 3.8) is 0 Å². The number of halogens is 2. The molecule has 3 aromatic rings. The monoisotopic (exact) mass is 492 g/mol. The van der Waals surface area contributed by atoms with Crippen molar-refractivity contribution in [3.05, 3.63) is 82.6 Å². The van der Waals surface area contributed by atoms with Gasteiger partial charge in [-0.15, -0.1) is 0 Å². The number of rotatable bonds is 7. The van der Waals surface area contributed by atoms with Gasteiger partial charge in [-0.2, -0.15) is 0 Å². The summed E-state index contributed by atoms with van der Waals surface area (Å²) in [6.45, 7) is 2.37. The fourth-order valence-corrected chi connectivity index (χ4v) is 3.96. The van der Waals surface area contributed by atoms with Gasteiger partial charge in [-0.1, -0.05) is 15.9 Å². The Morgan fingerprint density at radius 2 is 1.70 bits per heavy atom. The summed E-state index contributed by atoms with van der Waals surface area (Å²) in [5, 5.41) is 2.46. The SMILES string of the molecule is CCOc1ccc(NS(=O)(=O)c2ccc(C(=O)Nc3ccc(Br)cc3F)cc2)cc1. The highest BCUT2D eigenvalue weighted by Crippen LogP contribution is 2.22. The second-order valence-electron chi connectivity index (χ2n) is 6.17. The molecule has 156 valence electrons. The van der Waals surface area contributed by atoms with Crippen molar-refractivity contribution in [1.29, 1.82) is 0 Å². The summed E-state index contributed by atoms with van der Waals surface area (Å²) >= 11 is 3.15. The Morgan fingerprint density at radius 1 is 1.03 bits per heavy atom. The lowest BCUT2D eigenvalue weighted by atomic mass is 10.2. The molecule has 3 aromatic carbocycles. The normalized spacial score (nSPS) is 11.0. The molecular weight excluding hydrogens is 475 g/mol. The Hall–Kier alpha value is -2.91. The Morgan fingerprint density at radius 3 is 2.30 bits per heavy atom. The molecule has 6 nitrogen and oxygen atoms in total. The number of hydrogen-bond donors (Lipinski definition) is 2. The smallest absolute Gasteiger partial charge is 0.261 e. The Kier molecular flexibility index (Phi) is 6.73. The fourth-order valence-electron chi connectivity index (χ4n) is 2.57. The molecule has 0 bridgehead atoms. The lowest BCUT2D eigenvalue weighted by Gasteiger charge is -2.10. The van der Waals surface area contributed by atoms with E-state index in [0.717, 1.165) is 0 Å². The number of hydrogen-bond acceptors (Lipinski definition) is 4. The summed E-state index contributed by atoms with van der Waals surface area (Å²) in [5.41, 5.74) is 0.598. The molecule has 0 fully saturated rings. The summed E-state index contributed by atoms with van der Waals surface area (Å²) in [4.78, 5) is 12.3. The van der Waals surface area contributed by atoms with E-state index in [0.29, 0.717) is 22.5 Å². The Balaban J connectivity index is 1.71. The standard InChI is InChI=1S/C21H18BrFN2O4S/c1-2-29-17-8-6-16(7-9-17)25-30(27,28)18-10-3-14(4-11-18)21(26)24-20-12-5-15(22)13-19(20)23/h3-13,25H,2H2,1H3,(H,24,26). The first-order valence-electron chi connectivity index (χ1n) is 8.90. The summed E-state index contributed by atoms with van der Waals surface area (Å²) in [6, 6.07) is 16.1. The summed E-state index contributed by atoms with van der Waals surface area (Å²) in [6.07, 6.45) is 0. The van der Waals surface area contributed by atoms with E-state index in [1.54, 1.807) is 30.3 Å². The number of carbonyl (C=O) groups is 1. The van der Waals surface area contributed by atoms with Gasteiger partial charge in [0.25, 0.3) is 15.9 Å². The molecule has 0 aliphatic heterocycles. The first-order valence-corrected chi connectivity index (χ1v) is 11.2. The van der Waals surface area contributed by atoms with Crippen LogP contribution in [0.15, 0.2) is 76.1 Å². The van der Waals surface area contributed by atoms with E-state index in [-0.39, 0.29) is 16.1 Å². The van der Waals surface area contributed by atoms with Crippen LogP contribution in [0.25, 0.3) is 0 Å². The number of amides is 1. The predicted molar refractivity (Wildman–Crippen MR) is 117 cm³/mol. The van der Waals surface area contributed by atoms with Crippen molar-refractivity contribution in [2.75, 3.05) is 16.6 Å². The van der Waals surface area contributed by atoms with Crippen molar-refractivity contribution < 1.29 is 22.3 Å². The molecule has 0 unspecified atom stereocenters. The van der Waals surface area contributed by atoms with Gasteiger partial charge in [0.05, 0.1) is 17.2 Å². The lowest BCUT2D eigenvalue weighted by molar-refractivity contribution is 0.102. The molecule has 0 aliphatic rings. The largest absolute Gasteiger partial charge is 0.494 e. The number of anilines is 2. The van der Waals surface area contributed by atoms with E-state index in [4.69, 9.17) is 4.74 Å². The van der Waals surface area contributed by atoms with E-state index in [1.807, 2.05) is 6.92 Å². The van der Waals surface area contributed by atoms with Crippen LogP contribution in [0.4, 0.5) is 15.8 Å². The van der Waals surface area contributed by atoms with E-state index in [2.05, 4.69) is 26.0 Å². The lowest BCUT2D eigenvalue weighted by Crippen LogP contribution is -2.15. The maximum Gasteiger partial charge on any atom is 0.261 e. The summed E-state index contributed by atoms with van der Waals surface area (Å²) in [5.74, 6) is -0.505. The Labute approximate surface area is 182 Å². The molecule has 0 aromatic heterocycles. The first kappa shape index (κ1) is 21.8. The van der Waals surface area contributed by atoms with Gasteiger partial charge in [0.15, 0.2) is 0 Å². The quantitative estimate of drug-likeness (QED) is 0.483. The summed E-state index contributed by atoms with van der Waals surface area (Å²) in [7, 11) is -3.84. The van der Waals surface area contributed by atoms with E-state index in [9.17, 15) is 17.6 Å². The molecule has 0 saturated heterocycles. The van der Waals surface area contributed by atoms with Crippen LogP contribution in [0.2, 0.25) is 0 Å². The molecule has 0 heterocycles. The minimum absolute atomic E-state index is 0.0113. The molecule has 0 spiro atoms. The zero-order valence-corrected chi connectivity index (χ0v) is 18.3. The number of benzene rings is 3. The zero-order chi connectivity index (χ0) is 21.7. The Bertz CT molecular complexity index is 1150. The molecule has 0 saturated carbocycles. The zero-order valence-electron chi connectivity index (χ0n) is 15.9. The van der Waals surface area contributed by atoms with Crippen LogP contribution in [-0.4, -0.2) is 20.9 Å². The van der Waals surface area contributed by atoms with Crippen LogP contribution in [0, 0.1) is 5.82 Å².